The van der Waals surface area contributed by atoms with Gasteiger partial charge in [-0.05, 0) is 89.7 Å². The van der Waals surface area contributed by atoms with E-state index in [1.807, 2.05) is 13.0 Å². The maximum atomic E-state index is 13.2. The Kier molecular flexibility index (Phi) is 4.03. The lowest BCUT2D eigenvalue weighted by molar-refractivity contribution is 0.620. The van der Waals surface area contributed by atoms with Gasteiger partial charge in [0, 0.05) is 11.1 Å². The molecule has 4 aromatic rings. The van der Waals surface area contributed by atoms with Gasteiger partial charge in [0.1, 0.15) is 22.9 Å². The van der Waals surface area contributed by atoms with Crippen LogP contribution < -0.4 is 0 Å². The van der Waals surface area contributed by atoms with Gasteiger partial charge < -0.3 is 4.42 Å². The quantitative estimate of drug-likeness (QED) is 0.335. The standard InChI is InChI=1S/C20H12F2INO/c1-11-10-16(12-2-6-14(21)7-3-12)24-18-17(23)20(25-19(11)18)13-4-8-15(22)9-5-13/h2-10H,1H3. The first kappa shape index (κ1) is 16.2. The van der Waals surface area contributed by atoms with E-state index >= 15 is 0 Å². The van der Waals surface area contributed by atoms with Crippen molar-refractivity contribution in [2.24, 2.45) is 0 Å². The van der Waals surface area contributed by atoms with Crippen molar-refractivity contribution in [3.63, 3.8) is 0 Å². The highest BCUT2D eigenvalue weighted by atomic mass is 127. The van der Waals surface area contributed by atoms with Crippen LogP contribution >= 0.6 is 22.6 Å². The zero-order chi connectivity index (χ0) is 17.6. The minimum Gasteiger partial charge on any atom is -0.453 e. The van der Waals surface area contributed by atoms with Gasteiger partial charge in [0.25, 0.3) is 0 Å². The normalized spacial score (nSPS) is 11.2. The second kappa shape index (κ2) is 6.22. The number of aromatic nitrogens is 1. The molecule has 124 valence electrons. The maximum absolute atomic E-state index is 13.2. The molecule has 0 unspecified atom stereocenters. The number of furan rings is 1. The summed E-state index contributed by atoms with van der Waals surface area (Å²) in [7, 11) is 0. The number of fused-ring (bicyclic) bond motifs is 1. The molecule has 25 heavy (non-hydrogen) atoms. The third-order valence-electron chi connectivity index (χ3n) is 4.02. The smallest absolute Gasteiger partial charge is 0.157 e. The number of halogens is 3. The van der Waals surface area contributed by atoms with Crippen LogP contribution in [0.25, 0.3) is 33.7 Å². The fraction of sp³-hybridized carbons (Fsp3) is 0.0500. The van der Waals surface area contributed by atoms with Crippen LogP contribution in [0.1, 0.15) is 5.56 Å². The second-order valence-corrected chi connectivity index (χ2v) is 6.84. The monoisotopic (exact) mass is 447 g/mol. The van der Waals surface area contributed by atoms with Gasteiger partial charge in [0.2, 0.25) is 0 Å². The van der Waals surface area contributed by atoms with Crippen LogP contribution in [-0.4, -0.2) is 4.98 Å². The van der Waals surface area contributed by atoms with Crippen molar-refractivity contribution in [2.75, 3.05) is 0 Å². The Morgan fingerprint density at radius 1 is 0.880 bits per heavy atom. The van der Waals surface area contributed by atoms with E-state index in [9.17, 15) is 8.78 Å². The number of pyridine rings is 1. The predicted octanol–water partition coefficient (Wildman–Crippen LogP) is 6.35. The summed E-state index contributed by atoms with van der Waals surface area (Å²) < 4.78 is 33.2. The van der Waals surface area contributed by atoms with Crippen molar-refractivity contribution in [1.82, 2.24) is 4.98 Å². The first-order valence-electron chi connectivity index (χ1n) is 7.64. The molecule has 0 N–H and O–H groups in total. The topological polar surface area (TPSA) is 26.0 Å². The van der Waals surface area contributed by atoms with E-state index in [-0.39, 0.29) is 11.6 Å². The largest absolute Gasteiger partial charge is 0.453 e. The molecule has 5 heteroatoms. The van der Waals surface area contributed by atoms with E-state index in [1.54, 1.807) is 24.3 Å². The van der Waals surface area contributed by atoms with Crippen molar-refractivity contribution >= 4 is 33.7 Å². The number of benzene rings is 2. The third-order valence-corrected chi connectivity index (χ3v) is 5.02. The zero-order valence-corrected chi connectivity index (χ0v) is 15.3. The Hall–Kier alpha value is -2.28. The molecule has 0 amide bonds. The number of nitrogens with zero attached hydrogens (tertiary/aromatic N) is 1. The van der Waals surface area contributed by atoms with Crippen molar-refractivity contribution in [3.05, 3.63) is 75.4 Å². The van der Waals surface area contributed by atoms with Gasteiger partial charge in [0.15, 0.2) is 5.58 Å². The summed E-state index contributed by atoms with van der Waals surface area (Å²) in [6.45, 7) is 1.95. The molecule has 0 saturated carbocycles. The molecule has 0 bridgehead atoms. The number of rotatable bonds is 2. The predicted molar refractivity (Wildman–Crippen MR) is 102 cm³/mol. The summed E-state index contributed by atoms with van der Waals surface area (Å²) in [5.74, 6) is 0.100. The fourth-order valence-electron chi connectivity index (χ4n) is 2.75. The third kappa shape index (κ3) is 2.93. The molecule has 0 radical (unpaired) electrons. The first-order chi connectivity index (χ1) is 12.0. The molecular formula is C20H12F2INO. The lowest BCUT2D eigenvalue weighted by Crippen LogP contribution is -1.88. The Morgan fingerprint density at radius 3 is 2.04 bits per heavy atom. The van der Waals surface area contributed by atoms with Gasteiger partial charge in [-0.1, -0.05) is 0 Å². The average molecular weight is 447 g/mol. The summed E-state index contributed by atoms with van der Waals surface area (Å²) in [5, 5.41) is 0. The minimum atomic E-state index is -0.289. The molecule has 0 spiro atoms. The average Bonchev–Trinajstić information content (AvgIpc) is 2.94. The molecule has 0 aliphatic heterocycles. The lowest BCUT2D eigenvalue weighted by Gasteiger charge is -2.03. The van der Waals surface area contributed by atoms with E-state index in [0.717, 1.165) is 31.5 Å². The van der Waals surface area contributed by atoms with E-state index < -0.39 is 0 Å². The molecule has 0 fully saturated rings. The minimum absolute atomic E-state index is 0.280. The Morgan fingerprint density at radius 2 is 1.44 bits per heavy atom. The van der Waals surface area contributed by atoms with Crippen molar-refractivity contribution in [3.8, 4) is 22.6 Å². The molecule has 2 nitrogen and oxygen atoms in total. The van der Waals surface area contributed by atoms with Gasteiger partial charge in [-0.25, -0.2) is 13.8 Å². The van der Waals surface area contributed by atoms with Gasteiger partial charge in [-0.15, -0.1) is 0 Å². The lowest BCUT2D eigenvalue weighted by atomic mass is 10.1. The van der Waals surface area contributed by atoms with Gasteiger partial charge in [-0.3, -0.25) is 0 Å². The van der Waals surface area contributed by atoms with Crippen molar-refractivity contribution in [2.45, 2.75) is 6.92 Å². The molecule has 2 heterocycles. The van der Waals surface area contributed by atoms with Crippen LogP contribution in [0.15, 0.2) is 59.0 Å². The number of hydrogen-bond acceptors (Lipinski definition) is 2. The molecule has 2 aromatic carbocycles. The summed E-state index contributed by atoms with van der Waals surface area (Å²) >= 11 is 2.19. The number of hydrogen-bond donors (Lipinski definition) is 0. The van der Waals surface area contributed by atoms with Crippen LogP contribution in [0, 0.1) is 22.1 Å². The molecule has 2 aromatic heterocycles. The number of aryl methyl sites for hydroxylation is 1. The van der Waals surface area contributed by atoms with E-state index in [0.29, 0.717) is 11.3 Å². The Labute approximate surface area is 156 Å². The Bertz CT molecular complexity index is 1070. The van der Waals surface area contributed by atoms with Crippen LogP contribution in [0.5, 0.6) is 0 Å². The molecular weight excluding hydrogens is 435 g/mol. The highest BCUT2D eigenvalue weighted by molar-refractivity contribution is 14.1. The van der Waals surface area contributed by atoms with E-state index in [4.69, 9.17) is 9.40 Å². The van der Waals surface area contributed by atoms with Crippen molar-refractivity contribution < 1.29 is 13.2 Å². The van der Waals surface area contributed by atoms with Gasteiger partial charge in [-0.2, -0.15) is 0 Å². The summed E-state index contributed by atoms with van der Waals surface area (Å²) in [4.78, 5) is 4.70. The van der Waals surface area contributed by atoms with E-state index in [2.05, 4.69) is 22.6 Å². The van der Waals surface area contributed by atoms with Crippen LogP contribution in [-0.2, 0) is 0 Å². The molecule has 0 saturated heterocycles. The summed E-state index contributed by atoms with van der Waals surface area (Å²) in [6, 6.07) is 14.3. The zero-order valence-electron chi connectivity index (χ0n) is 13.2. The van der Waals surface area contributed by atoms with Crippen molar-refractivity contribution in [1.29, 1.82) is 0 Å². The SMILES string of the molecule is Cc1cc(-c2ccc(F)cc2)nc2c(I)c(-c3ccc(F)cc3)oc12. The first-order valence-corrected chi connectivity index (χ1v) is 8.72. The Balaban J connectivity index is 1.90. The van der Waals surface area contributed by atoms with Crippen LogP contribution in [0.3, 0.4) is 0 Å². The second-order valence-electron chi connectivity index (χ2n) is 5.76. The highest BCUT2D eigenvalue weighted by Gasteiger charge is 2.18. The molecule has 0 aliphatic carbocycles. The van der Waals surface area contributed by atoms with Crippen LogP contribution in [0.2, 0.25) is 0 Å². The summed E-state index contributed by atoms with van der Waals surface area (Å²) in [6.07, 6.45) is 0. The molecule has 0 aliphatic rings. The van der Waals surface area contributed by atoms with Crippen LogP contribution in [0.4, 0.5) is 8.78 Å². The molecule has 4 rings (SSSR count). The highest BCUT2D eigenvalue weighted by Crippen LogP contribution is 2.36. The van der Waals surface area contributed by atoms with E-state index in [1.165, 1.54) is 24.3 Å². The van der Waals surface area contributed by atoms with Gasteiger partial charge >= 0.3 is 0 Å². The van der Waals surface area contributed by atoms with Gasteiger partial charge in [0.05, 0.1) is 9.26 Å². The fourth-order valence-corrected chi connectivity index (χ4v) is 3.54. The maximum Gasteiger partial charge on any atom is 0.157 e. The molecule has 0 atom stereocenters. The summed E-state index contributed by atoms with van der Waals surface area (Å²) in [5.41, 5.74) is 4.79.